The van der Waals surface area contributed by atoms with E-state index >= 15 is 0 Å². The second-order valence-electron chi connectivity index (χ2n) is 6.25. The Morgan fingerprint density at radius 2 is 2.17 bits per heavy atom. The third-order valence-electron chi connectivity index (χ3n) is 4.19. The zero-order chi connectivity index (χ0) is 17.8. The highest BCUT2D eigenvalue weighted by atomic mass is 32.2. The first-order valence-electron chi connectivity index (χ1n) is 9.00. The van der Waals surface area contributed by atoms with Gasteiger partial charge in [-0.3, -0.25) is 9.59 Å². The highest BCUT2D eigenvalue weighted by Gasteiger charge is 2.28. The summed E-state index contributed by atoms with van der Waals surface area (Å²) >= 11 is 1.69. The molecule has 0 aliphatic carbocycles. The quantitative estimate of drug-likeness (QED) is 0.391. The molecule has 6 heteroatoms. The van der Waals surface area contributed by atoms with Crippen molar-refractivity contribution in [2.75, 3.05) is 18.1 Å². The van der Waals surface area contributed by atoms with Gasteiger partial charge in [-0.25, -0.2) is 0 Å². The molecule has 0 bridgehead atoms. The topological polar surface area (TPSA) is 77.8 Å². The highest BCUT2D eigenvalue weighted by molar-refractivity contribution is 7.99. The van der Waals surface area contributed by atoms with Crippen LogP contribution >= 0.6 is 11.8 Å². The van der Waals surface area contributed by atoms with Crippen molar-refractivity contribution >= 4 is 23.6 Å². The number of hydrogen-bond acceptors (Lipinski definition) is 4. The van der Waals surface area contributed by atoms with Crippen LogP contribution in [0.5, 0.6) is 0 Å². The molecule has 2 atom stereocenters. The minimum atomic E-state index is -0.756. The second-order valence-corrected chi connectivity index (χ2v) is 7.48. The van der Waals surface area contributed by atoms with Gasteiger partial charge in [-0.2, -0.15) is 11.8 Å². The Hall–Kier alpha value is -1.01. The van der Waals surface area contributed by atoms with E-state index in [0.29, 0.717) is 19.4 Å². The second kappa shape index (κ2) is 12.4. The molecule has 1 amide bonds. The van der Waals surface area contributed by atoms with Crippen molar-refractivity contribution in [2.45, 2.75) is 70.4 Å². The zero-order valence-corrected chi connectivity index (χ0v) is 15.5. The Balaban J connectivity index is 2.28. The van der Waals surface area contributed by atoms with Gasteiger partial charge in [0.15, 0.2) is 0 Å². The maximum atomic E-state index is 12.0. The molecule has 1 rings (SSSR count). The molecule has 1 aliphatic heterocycles. The Bertz CT molecular complexity index is 414. The first kappa shape index (κ1) is 21.0. The minimum absolute atomic E-state index is 0.0953. The number of carbonyl (C=O) groups excluding carboxylic acids is 1. The number of thioether (sulfide) groups is 1. The molecule has 5 nitrogen and oxygen atoms in total. The number of nitrogens with zero attached hydrogens (tertiary/aromatic N) is 1. The largest absolute Gasteiger partial charge is 0.481 e. The van der Waals surface area contributed by atoms with Gasteiger partial charge < -0.3 is 15.1 Å². The maximum absolute atomic E-state index is 12.0. The van der Waals surface area contributed by atoms with Crippen molar-refractivity contribution < 1.29 is 19.8 Å². The lowest BCUT2D eigenvalue weighted by Crippen LogP contribution is -2.34. The Kier molecular flexibility index (Phi) is 10.8. The van der Waals surface area contributed by atoms with Crippen molar-refractivity contribution in [2.24, 2.45) is 0 Å². The van der Waals surface area contributed by atoms with Crippen LogP contribution in [0.2, 0.25) is 0 Å². The van der Waals surface area contributed by atoms with E-state index in [2.05, 4.69) is 6.92 Å². The summed E-state index contributed by atoms with van der Waals surface area (Å²) in [7, 11) is 0. The number of carboxylic acids is 1. The van der Waals surface area contributed by atoms with Crippen LogP contribution in [0.4, 0.5) is 0 Å². The Labute approximate surface area is 149 Å². The summed E-state index contributed by atoms with van der Waals surface area (Å²) in [4.78, 5) is 24.3. The molecule has 0 aromatic heterocycles. The fourth-order valence-corrected chi connectivity index (χ4v) is 3.67. The molecule has 1 saturated heterocycles. The van der Waals surface area contributed by atoms with Crippen LogP contribution < -0.4 is 0 Å². The van der Waals surface area contributed by atoms with Crippen LogP contribution in [0.3, 0.4) is 0 Å². The van der Waals surface area contributed by atoms with Crippen LogP contribution in [-0.2, 0) is 9.59 Å². The number of hydrogen-bond donors (Lipinski definition) is 2. The molecular formula is C18H31NO4S. The van der Waals surface area contributed by atoms with E-state index in [1.807, 2.05) is 17.1 Å². The highest BCUT2D eigenvalue weighted by Crippen LogP contribution is 2.21. The van der Waals surface area contributed by atoms with Gasteiger partial charge in [0.05, 0.1) is 12.1 Å². The van der Waals surface area contributed by atoms with Crippen LogP contribution in [0.25, 0.3) is 0 Å². The van der Waals surface area contributed by atoms with Crippen molar-refractivity contribution in [3.05, 3.63) is 12.2 Å². The summed E-state index contributed by atoms with van der Waals surface area (Å²) in [5.74, 6) is 1.06. The number of unbranched alkanes of at least 4 members (excludes halogenated alkanes) is 2. The van der Waals surface area contributed by atoms with Gasteiger partial charge in [0.25, 0.3) is 0 Å². The minimum Gasteiger partial charge on any atom is -0.481 e. The summed E-state index contributed by atoms with van der Waals surface area (Å²) in [6.45, 7) is 2.83. The molecule has 0 aromatic rings. The van der Waals surface area contributed by atoms with E-state index in [9.17, 15) is 14.7 Å². The molecule has 0 saturated carbocycles. The molecular weight excluding hydrogens is 326 g/mol. The van der Waals surface area contributed by atoms with E-state index in [1.165, 1.54) is 0 Å². The van der Waals surface area contributed by atoms with Crippen LogP contribution in [0.1, 0.15) is 58.3 Å². The molecule has 1 fully saturated rings. The molecule has 1 heterocycles. The number of carbonyl (C=O) groups is 2. The van der Waals surface area contributed by atoms with Gasteiger partial charge in [0, 0.05) is 25.1 Å². The van der Waals surface area contributed by atoms with E-state index in [-0.39, 0.29) is 18.4 Å². The molecule has 0 radical (unpaired) electrons. The van der Waals surface area contributed by atoms with E-state index in [1.54, 1.807) is 11.8 Å². The van der Waals surface area contributed by atoms with Gasteiger partial charge >= 0.3 is 5.97 Å². The average molecular weight is 358 g/mol. The molecule has 0 aromatic carbocycles. The molecule has 2 unspecified atom stereocenters. The smallest absolute Gasteiger partial charge is 0.303 e. The fourth-order valence-electron chi connectivity index (χ4n) is 2.79. The average Bonchev–Trinajstić information content (AvgIpc) is 2.89. The fraction of sp³-hybridized carbons (Fsp3) is 0.778. The number of aliphatic hydroxyl groups excluding tert-OH is 1. The number of aliphatic carboxylic acids is 1. The van der Waals surface area contributed by atoms with Gasteiger partial charge in [-0.1, -0.05) is 38.3 Å². The summed E-state index contributed by atoms with van der Waals surface area (Å²) < 4.78 is 0. The number of carboxylic acid groups (broad SMARTS) is 1. The maximum Gasteiger partial charge on any atom is 0.303 e. The van der Waals surface area contributed by atoms with Crippen LogP contribution in [0, 0.1) is 0 Å². The monoisotopic (exact) mass is 357 g/mol. The summed E-state index contributed by atoms with van der Waals surface area (Å²) in [5, 5.41) is 18.6. The van der Waals surface area contributed by atoms with E-state index in [0.717, 1.165) is 43.6 Å². The molecule has 1 aliphatic rings. The number of aliphatic hydroxyl groups is 1. The molecule has 138 valence electrons. The van der Waals surface area contributed by atoms with Gasteiger partial charge in [-0.05, 0) is 25.0 Å². The molecule has 0 spiro atoms. The Morgan fingerprint density at radius 1 is 1.38 bits per heavy atom. The van der Waals surface area contributed by atoms with Crippen molar-refractivity contribution in [3.63, 3.8) is 0 Å². The lowest BCUT2D eigenvalue weighted by Gasteiger charge is -2.22. The lowest BCUT2D eigenvalue weighted by atomic mass is 10.1. The molecule has 2 N–H and O–H groups in total. The normalized spacial score (nSPS) is 19.3. The Morgan fingerprint density at radius 3 is 2.88 bits per heavy atom. The van der Waals surface area contributed by atoms with Gasteiger partial charge in [0.1, 0.15) is 0 Å². The van der Waals surface area contributed by atoms with E-state index in [4.69, 9.17) is 5.11 Å². The standard InChI is InChI=1S/C18H31NO4S/c1-2-3-4-6-16(20)10-8-15-9-11-17(21)19(15)12-14-24-13-5-7-18(22)23/h8,10,15-16,20H,2-7,9,11-14H2,1H3,(H,22,23)/b10-8+. The SMILES string of the molecule is CCCCCC(O)/C=C/C1CCC(=O)N1CCSCCCC(=O)O. The van der Waals surface area contributed by atoms with Crippen LogP contribution in [0.15, 0.2) is 12.2 Å². The van der Waals surface area contributed by atoms with E-state index < -0.39 is 12.1 Å². The van der Waals surface area contributed by atoms with Crippen molar-refractivity contribution in [3.8, 4) is 0 Å². The lowest BCUT2D eigenvalue weighted by molar-refractivity contribution is -0.137. The van der Waals surface area contributed by atoms with Gasteiger partial charge in [-0.15, -0.1) is 0 Å². The number of amides is 1. The summed E-state index contributed by atoms with van der Waals surface area (Å²) in [6, 6.07) is 0.0953. The summed E-state index contributed by atoms with van der Waals surface area (Å²) in [6.07, 6.45) is 9.77. The summed E-state index contributed by atoms with van der Waals surface area (Å²) in [5.41, 5.74) is 0. The first-order chi connectivity index (χ1) is 11.5. The van der Waals surface area contributed by atoms with Gasteiger partial charge in [0.2, 0.25) is 5.91 Å². The third-order valence-corrected chi connectivity index (χ3v) is 5.24. The predicted octanol–water partition coefficient (Wildman–Crippen LogP) is 3.07. The number of rotatable bonds is 13. The predicted molar refractivity (Wildman–Crippen MR) is 98.2 cm³/mol. The zero-order valence-electron chi connectivity index (χ0n) is 14.7. The third kappa shape index (κ3) is 8.73. The molecule has 24 heavy (non-hydrogen) atoms. The van der Waals surface area contributed by atoms with Crippen molar-refractivity contribution in [1.82, 2.24) is 4.90 Å². The number of likely N-dealkylation sites (tertiary alicyclic amines) is 1. The van der Waals surface area contributed by atoms with Crippen LogP contribution in [-0.4, -0.2) is 57.2 Å². The van der Waals surface area contributed by atoms with Crippen molar-refractivity contribution in [1.29, 1.82) is 0 Å². The first-order valence-corrected chi connectivity index (χ1v) is 10.2.